The predicted molar refractivity (Wildman–Crippen MR) is 118 cm³/mol. The molecular formula is C25H46O4. The van der Waals surface area contributed by atoms with Crippen LogP contribution < -0.4 is 0 Å². The normalized spacial score (nSPS) is 25.2. The third-order valence-corrected chi connectivity index (χ3v) is 6.27. The minimum Gasteiger partial charge on any atom is -0.462 e. The van der Waals surface area contributed by atoms with Crippen LogP contribution in [0, 0.1) is 28.6 Å². The van der Waals surface area contributed by atoms with E-state index in [2.05, 4.69) is 62.3 Å². The molecule has 1 aliphatic rings. The standard InChI is InChI=1S/C25H46O4/c1-10-12-20(24(4,5)6)28-22(26)18-15-14-17(3)16-19(18)23(27)29-21(13-11-2)25(7,8)9/h17-21H,10-16H2,1-9H3. The van der Waals surface area contributed by atoms with Gasteiger partial charge >= 0.3 is 11.9 Å². The van der Waals surface area contributed by atoms with Crippen molar-refractivity contribution in [2.24, 2.45) is 28.6 Å². The summed E-state index contributed by atoms with van der Waals surface area (Å²) in [6.45, 7) is 19.0. The second-order valence-corrected chi connectivity index (χ2v) is 11.3. The smallest absolute Gasteiger partial charge is 0.310 e. The maximum Gasteiger partial charge on any atom is 0.310 e. The topological polar surface area (TPSA) is 52.6 Å². The lowest BCUT2D eigenvalue weighted by molar-refractivity contribution is -0.175. The first-order valence-corrected chi connectivity index (χ1v) is 11.7. The van der Waals surface area contributed by atoms with E-state index in [9.17, 15) is 9.59 Å². The van der Waals surface area contributed by atoms with Gasteiger partial charge in [0, 0.05) is 0 Å². The van der Waals surface area contributed by atoms with E-state index < -0.39 is 5.92 Å². The highest BCUT2D eigenvalue weighted by molar-refractivity contribution is 5.82. The SMILES string of the molecule is CCCC(OC(=O)C1CCC(C)CC1C(=O)OC(CCC)C(C)(C)C)C(C)(C)C. The van der Waals surface area contributed by atoms with Gasteiger partial charge in [0.15, 0.2) is 0 Å². The van der Waals surface area contributed by atoms with Crippen LogP contribution in [0.1, 0.15) is 107 Å². The summed E-state index contributed by atoms with van der Waals surface area (Å²) in [5, 5.41) is 0. The largest absolute Gasteiger partial charge is 0.462 e. The Bertz CT molecular complexity index is 526. The number of rotatable bonds is 8. The lowest BCUT2D eigenvalue weighted by Gasteiger charge is -2.37. The van der Waals surface area contributed by atoms with E-state index in [0.29, 0.717) is 18.8 Å². The van der Waals surface area contributed by atoms with Crippen molar-refractivity contribution in [2.45, 2.75) is 119 Å². The Hall–Kier alpha value is -1.06. The van der Waals surface area contributed by atoms with Crippen molar-refractivity contribution in [3.63, 3.8) is 0 Å². The molecule has 0 bridgehead atoms. The maximum atomic E-state index is 13.2. The van der Waals surface area contributed by atoms with Crippen molar-refractivity contribution in [1.29, 1.82) is 0 Å². The highest BCUT2D eigenvalue weighted by atomic mass is 16.6. The van der Waals surface area contributed by atoms with Gasteiger partial charge < -0.3 is 9.47 Å². The Kier molecular flexibility index (Phi) is 9.69. The van der Waals surface area contributed by atoms with Gasteiger partial charge in [0.2, 0.25) is 0 Å². The molecule has 29 heavy (non-hydrogen) atoms. The van der Waals surface area contributed by atoms with E-state index in [0.717, 1.165) is 32.1 Å². The van der Waals surface area contributed by atoms with E-state index in [1.54, 1.807) is 0 Å². The summed E-state index contributed by atoms with van der Waals surface area (Å²) in [5.41, 5.74) is -0.220. The fourth-order valence-corrected chi connectivity index (χ4v) is 4.24. The number of carbonyl (C=O) groups is 2. The molecule has 0 radical (unpaired) electrons. The van der Waals surface area contributed by atoms with Crippen LogP contribution in [0.25, 0.3) is 0 Å². The fraction of sp³-hybridized carbons (Fsp3) is 0.920. The summed E-state index contributed by atoms with van der Waals surface area (Å²) < 4.78 is 12.0. The van der Waals surface area contributed by atoms with Crippen molar-refractivity contribution in [3.8, 4) is 0 Å². The van der Waals surface area contributed by atoms with E-state index in [1.165, 1.54) is 0 Å². The first kappa shape index (κ1) is 26.0. The van der Waals surface area contributed by atoms with E-state index in [4.69, 9.17) is 9.47 Å². The third-order valence-electron chi connectivity index (χ3n) is 6.27. The molecular weight excluding hydrogens is 364 g/mol. The maximum absolute atomic E-state index is 13.2. The highest BCUT2D eigenvalue weighted by Crippen LogP contribution is 2.38. The van der Waals surface area contributed by atoms with Crippen LogP contribution in [0.15, 0.2) is 0 Å². The molecule has 1 rings (SSSR count). The Morgan fingerprint density at radius 1 is 0.793 bits per heavy atom. The first-order valence-electron chi connectivity index (χ1n) is 11.7. The minimum absolute atomic E-state index is 0.109. The second-order valence-electron chi connectivity index (χ2n) is 11.3. The van der Waals surface area contributed by atoms with Crippen LogP contribution in [-0.4, -0.2) is 24.1 Å². The third kappa shape index (κ3) is 7.94. The molecule has 0 N–H and O–H groups in total. The number of ether oxygens (including phenoxy) is 2. The van der Waals surface area contributed by atoms with Crippen molar-refractivity contribution in [3.05, 3.63) is 0 Å². The minimum atomic E-state index is -0.393. The molecule has 0 spiro atoms. The zero-order chi connectivity index (χ0) is 22.4. The van der Waals surface area contributed by atoms with Crippen LogP contribution in [-0.2, 0) is 19.1 Å². The molecule has 4 nitrogen and oxygen atoms in total. The summed E-state index contributed by atoms with van der Waals surface area (Å²) in [6.07, 6.45) is 5.72. The molecule has 4 heteroatoms. The van der Waals surface area contributed by atoms with Gasteiger partial charge in [0.1, 0.15) is 12.2 Å². The quantitative estimate of drug-likeness (QED) is 0.425. The van der Waals surface area contributed by atoms with Crippen LogP contribution in [0.2, 0.25) is 0 Å². The van der Waals surface area contributed by atoms with E-state index in [-0.39, 0.29) is 40.9 Å². The molecule has 0 aliphatic heterocycles. The van der Waals surface area contributed by atoms with E-state index >= 15 is 0 Å². The average Bonchev–Trinajstić information content (AvgIpc) is 2.59. The number of esters is 2. The molecule has 5 unspecified atom stereocenters. The Morgan fingerprint density at radius 3 is 1.59 bits per heavy atom. The number of hydrogen-bond donors (Lipinski definition) is 0. The summed E-state index contributed by atoms with van der Waals surface area (Å²) in [6, 6.07) is 0. The van der Waals surface area contributed by atoms with Gasteiger partial charge in [-0.1, -0.05) is 75.2 Å². The molecule has 0 aromatic heterocycles. The monoisotopic (exact) mass is 410 g/mol. The summed E-state index contributed by atoms with van der Waals surface area (Å²) >= 11 is 0. The first-order chi connectivity index (χ1) is 13.3. The van der Waals surface area contributed by atoms with Crippen molar-refractivity contribution < 1.29 is 19.1 Å². The van der Waals surface area contributed by atoms with Gasteiger partial charge in [0.25, 0.3) is 0 Å². The fourth-order valence-electron chi connectivity index (χ4n) is 4.24. The second kappa shape index (κ2) is 10.8. The van der Waals surface area contributed by atoms with Gasteiger partial charge in [-0.15, -0.1) is 0 Å². The lowest BCUT2D eigenvalue weighted by Crippen LogP contribution is -2.42. The Balaban J connectivity index is 2.97. The summed E-state index contributed by atoms with van der Waals surface area (Å²) in [5.74, 6) is -0.785. The molecule has 0 aromatic carbocycles. The van der Waals surface area contributed by atoms with E-state index in [1.807, 2.05) is 0 Å². The molecule has 0 amide bonds. The highest BCUT2D eigenvalue weighted by Gasteiger charge is 2.43. The van der Waals surface area contributed by atoms with Gasteiger partial charge in [-0.3, -0.25) is 9.59 Å². The van der Waals surface area contributed by atoms with Gasteiger partial charge in [0.05, 0.1) is 11.8 Å². The van der Waals surface area contributed by atoms with Gasteiger partial charge in [-0.05, 0) is 48.9 Å². The molecule has 1 fully saturated rings. The lowest BCUT2D eigenvalue weighted by atomic mass is 9.74. The molecule has 170 valence electrons. The number of hydrogen-bond acceptors (Lipinski definition) is 4. The molecule has 1 aliphatic carbocycles. The predicted octanol–water partition coefficient (Wildman–Crippen LogP) is 6.55. The molecule has 5 atom stereocenters. The van der Waals surface area contributed by atoms with Crippen LogP contribution in [0.4, 0.5) is 0 Å². The van der Waals surface area contributed by atoms with Crippen LogP contribution in [0.3, 0.4) is 0 Å². The van der Waals surface area contributed by atoms with Crippen LogP contribution in [0.5, 0.6) is 0 Å². The number of carbonyl (C=O) groups excluding carboxylic acids is 2. The summed E-state index contributed by atoms with van der Waals surface area (Å²) in [4.78, 5) is 26.3. The average molecular weight is 411 g/mol. The zero-order valence-electron chi connectivity index (χ0n) is 20.5. The van der Waals surface area contributed by atoms with Crippen molar-refractivity contribution in [2.75, 3.05) is 0 Å². The van der Waals surface area contributed by atoms with Crippen LogP contribution >= 0.6 is 0 Å². The van der Waals surface area contributed by atoms with Crippen molar-refractivity contribution >= 4 is 11.9 Å². The molecule has 0 saturated heterocycles. The molecule has 1 saturated carbocycles. The van der Waals surface area contributed by atoms with Gasteiger partial charge in [-0.25, -0.2) is 0 Å². The van der Waals surface area contributed by atoms with Gasteiger partial charge in [-0.2, -0.15) is 0 Å². The summed E-state index contributed by atoms with van der Waals surface area (Å²) in [7, 11) is 0. The zero-order valence-corrected chi connectivity index (χ0v) is 20.5. The van der Waals surface area contributed by atoms with Crippen molar-refractivity contribution in [1.82, 2.24) is 0 Å². The molecule has 0 heterocycles. The Labute approximate surface area is 179 Å². The molecule has 0 aromatic rings. The Morgan fingerprint density at radius 2 is 1.21 bits per heavy atom.